The Hall–Kier alpha value is -2.84. The van der Waals surface area contributed by atoms with Crippen molar-refractivity contribution in [1.82, 2.24) is 4.90 Å². The zero-order valence-electron chi connectivity index (χ0n) is 16.7. The molecule has 0 spiro atoms. The number of benzene rings is 2. The highest BCUT2D eigenvalue weighted by atomic mass is 35.5. The Morgan fingerprint density at radius 3 is 2.33 bits per heavy atom. The number of amidine groups is 1. The first-order valence-electron chi connectivity index (χ1n) is 9.09. The lowest BCUT2D eigenvalue weighted by molar-refractivity contribution is -0.122. The first-order valence-corrected chi connectivity index (χ1v) is 10.5. The highest BCUT2D eigenvalue weighted by molar-refractivity contribution is 8.14. The fourth-order valence-electron chi connectivity index (χ4n) is 3.26. The molecule has 156 valence electrons. The van der Waals surface area contributed by atoms with Crippen molar-refractivity contribution < 1.29 is 19.0 Å². The van der Waals surface area contributed by atoms with Gasteiger partial charge in [0.2, 0.25) is 5.75 Å². The molecule has 2 aromatic rings. The summed E-state index contributed by atoms with van der Waals surface area (Å²) < 4.78 is 16.1. The third-order valence-corrected chi connectivity index (χ3v) is 6.02. The Labute approximate surface area is 183 Å². The fourth-order valence-corrected chi connectivity index (χ4v) is 4.35. The van der Waals surface area contributed by atoms with Crippen molar-refractivity contribution in [3.05, 3.63) is 52.7 Å². The van der Waals surface area contributed by atoms with Crippen molar-refractivity contribution in [2.24, 2.45) is 4.99 Å². The second-order valence-electron chi connectivity index (χ2n) is 6.55. The molecule has 0 N–H and O–H groups in total. The van der Waals surface area contributed by atoms with Gasteiger partial charge in [0.25, 0.3) is 5.91 Å². The number of carbonyl (C=O) groups excluding carboxylic acids is 1. The lowest BCUT2D eigenvalue weighted by atomic mass is 10.1. The van der Waals surface area contributed by atoms with E-state index in [0.717, 1.165) is 11.3 Å². The molecule has 0 aromatic heterocycles. The number of nitrogens with zero attached hydrogens (tertiary/aromatic N) is 3. The zero-order valence-corrected chi connectivity index (χ0v) is 18.3. The van der Waals surface area contributed by atoms with Gasteiger partial charge < -0.3 is 19.1 Å². The molecular weight excluding hydrogens is 426 g/mol. The molecule has 0 unspecified atom stereocenters. The van der Waals surface area contributed by atoms with Crippen LogP contribution in [-0.2, 0) is 4.79 Å². The molecule has 0 bridgehead atoms. The maximum Gasteiger partial charge on any atom is 0.280 e. The largest absolute Gasteiger partial charge is 0.493 e. The van der Waals surface area contributed by atoms with Crippen LogP contribution in [0.2, 0.25) is 5.02 Å². The molecule has 0 saturated carbocycles. The van der Waals surface area contributed by atoms with E-state index in [1.807, 2.05) is 24.3 Å². The number of hydrogen-bond donors (Lipinski definition) is 0. The number of thioether (sulfide) groups is 1. The van der Waals surface area contributed by atoms with Crippen LogP contribution in [0, 0.1) is 0 Å². The van der Waals surface area contributed by atoms with E-state index in [1.54, 1.807) is 44.4 Å². The van der Waals surface area contributed by atoms with Gasteiger partial charge in [-0.15, -0.1) is 0 Å². The minimum absolute atomic E-state index is 0.148. The maximum absolute atomic E-state index is 13.0. The van der Waals surface area contributed by atoms with Crippen molar-refractivity contribution in [3.63, 3.8) is 0 Å². The normalized spacial score (nSPS) is 17.1. The van der Waals surface area contributed by atoms with E-state index < -0.39 is 0 Å². The van der Waals surface area contributed by atoms with Crippen molar-refractivity contribution in [1.29, 1.82) is 0 Å². The molecule has 1 saturated heterocycles. The van der Waals surface area contributed by atoms with Gasteiger partial charge in [-0.05, 0) is 48.0 Å². The number of halogens is 1. The summed E-state index contributed by atoms with van der Waals surface area (Å²) in [6.45, 7) is 0.429. The second kappa shape index (κ2) is 8.49. The van der Waals surface area contributed by atoms with Crippen LogP contribution in [0.3, 0.4) is 0 Å². The van der Waals surface area contributed by atoms with Crippen molar-refractivity contribution in [2.75, 3.05) is 38.8 Å². The van der Waals surface area contributed by atoms with Crippen LogP contribution < -0.4 is 19.1 Å². The Balaban J connectivity index is 1.59. The first-order chi connectivity index (χ1) is 14.5. The Kier molecular flexibility index (Phi) is 5.78. The van der Waals surface area contributed by atoms with Crippen molar-refractivity contribution >= 4 is 46.2 Å². The maximum atomic E-state index is 13.0. The van der Waals surface area contributed by atoms with E-state index in [9.17, 15) is 4.79 Å². The van der Waals surface area contributed by atoms with Gasteiger partial charge in [0.05, 0.1) is 27.2 Å². The lowest BCUT2D eigenvalue weighted by Crippen LogP contribution is -2.46. The lowest BCUT2D eigenvalue weighted by Gasteiger charge is -2.34. The van der Waals surface area contributed by atoms with Gasteiger partial charge >= 0.3 is 0 Å². The average molecular weight is 446 g/mol. The molecular formula is C21H20ClN3O4S. The summed E-state index contributed by atoms with van der Waals surface area (Å²) in [7, 11) is 4.65. The average Bonchev–Trinajstić information content (AvgIpc) is 3.08. The van der Waals surface area contributed by atoms with Gasteiger partial charge in [-0.3, -0.25) is 9.69 Å². The second-order valence-corrected chi connectivity index (χ2v) is 7.90. The van der Waals surface area contributed by atoms with E-state index >= 15 is 0 Å². The summed E-state index contributed by atoms with van der Waals surface area (Å²) >= 11 is 7.50. The molecule has 2 aliphatic rings. The van der Waals surface area contributed by atoms with E-state index in [1.165, 1.54) is 11.8 Å². The Morgan fingerprint density at radius 2 is 1.73 bits per heavy atom. The van der Waals surface area contributed by atoms with Crippen LogP contribution in [0.4, 0.5) is 5.69 Å². The molecule has 7 nitrogen and oxygen atoms in total. The summed E-state index contributed by atoms with van der Waals surface area (Å²) in [5, 5.41) is 1.38. The molecule has 30 heavy (non-hydrogen) atoms. The Bertz CT molecular complexity index is 1010. The van der Waals surface area contributed by atoms with E-state index in [-0.39, 0.29) is 5.91 Å². The molecule has 1 fully saturated rings. The van der Waals surface area contributed by atoms with Crippen LogP contribution in [0.15, 0.2) is 47.1 Å². The predicted octanol–water partition coefficient (Wildman–Crippen LogP) is 4.07. The number of methoxy groups -OCH3 is 3. The zero-order chi connectivity index (χ0) is 21.3. The van der Waals surface area contributed by atoms with Crippen molar-refractivity contribution in [2.45, 2.75) is 0 Å². The van der Waals surface area contributed by atoms with Gasteiger partial charge in [-0.1, -0.05) is 23.4 Å². The molecule has 0 atom stereocenters. The number of anilines is 1. The van der Waals surface area contributed by atoms with Gasteiger partial charge in [0.15, 0.2) is 16.7 Å². The Morgan fingerprint density at radius 1 is 1.07 bits per heavy atom. The van der Waals surface area contributed by atoms with E-state index in [4.69, 9.17) is 25.8 Å². The van der Waals surface area contributed by atoms with Crippen LogP contribution in [0.25, 0.3) is 6.08 Å². The summed E-state index contributed by atoms with van der Waals surface area (Å²) in [6, 6.07) is 11.1. The predicted molar refractivity (Wildman–Crippen MR) is 120 cm³/mol. The van der Waals surface area contributed by atoms with Gasteiger partial charge in [0.1, 0.15) is 12.4 Å². The minimum Gasteiger partial charge on any atom is -0.493 e. The van der Waals surface area contributed by atoms with Crippen LogP contribution in [0.5, 0.6) is 17.2 Å². The summed E-state index contributed by atoms with van der Waals surface area (Å²) in [5.74, 6) is 2.08. The quantitative estimate of drug-likeness (QED) is 0.646. The van der Waals surface area contributed by atoms with E-state index in [0.29, 0.717) is 45.7 Å². The molecule has 2 heterocycles. The third-order valence-electron chi connectivity index (χ3n) is 4.76. The molecule has 4 rings (SSSR count). The first kappa shape index (κ1) is 20.4. The number of amides is 1. The monoisotopic (exact) mass is 445 g/mol. The molecule has 1 amide bonds. The highest BCUT2D eigenvalue weighted by Crippen LogP contribution is 2.39. The van der Waals surface area contributed by atoms with Crippen molar-refractivity contribution in [3.8, 4) is 17.2 Å². The van der Waals surface area contributed by atoms with Crippen LogP contribution in [-0.4, -0.2) is 49.8 Å². The molecule has 0 radical (unpaired) electrons. The molecule has 2 aliphatic heterocycles. The molecule has 0 aliphatic carbocycles. The number of ether oxygens (including phenoxy) is 3. The SMILES string of the molecule is COc1cc(C=C2N=C3SCN(c4ccc(Cl)cc4)CN3C2=O)cc(OC)c1OC. The number of rotatable bonds is 5. The topological polar surface area (TPSA) is 63.6 Å². The van der Waals surface area contributed by atoms with E-state index in [2.05, 4.69) is 9.89 Å². The number of aliphatic imine (C=N–C) groups is 1. The number of carbonyl (C=O) groups is 1. The van der Waals surface area contributed by atoms with Gasteiger partial charge in [-0.2, -0.15) is 0 Å². The third kappa shape index (κ3) is 3.80. The van der Waals surface area contributed by atoms with Crippen LogP contribution >= 0.6 is 23.4 Å². The summed E-state index contributed by atoms with van der Waals surface area (Å²) in [4.78, 5) is 21.3. The molecule has 2 aromatic carbocycles. The molecule has 9 heteroatoms. The van der Waals surface area contributed by atoms with Gasteiger partial charge in [-0.25, -0.2) is 4.99 Å². The smallest absolute Gasteiger partial charge is 0.280 e. The minimum atomic E-state index is -0.148. The standard InChI is InChI=1S/C21H20ClN3O4S/c1-27-17-9-13(10-18(28-2)19(17)29-3)8-16-20(26)25-11-24(12-30-21(25)23-16)15-6-4-14(22)5-7-15/h4-10H,11-12H2,1-3H3. The fraction of sp³-hybridized carbons (Fsp3) is 0.238. The highest BCUT2D eigenvalue weighted by Gasteiger charge is 2.35. The van der Waals surface area contributed by atoms with Gasteiger partial charge in [0, 0.05) is 10.7 Å². The number of fused-ring (bicyclic) bond motifs is 1. The number of hydrogen-bond acceptors (Lipinski definition) is 7. The summed E-state index contributed by atoms with van der Waals surface area (Å²) in [5.41, 5.74) is 2.10. The summed E-state index contributed by atoms with van der Waals surface area (Å²) in [6.07, 6.45) is 1.73. The van der Waals surface area contributed by atoms with Crippen LogP contribution in [0.1, 0.15) is 5.56 Å².